The maximum atomic E-state index is 14.0. The minimum Gasteiger partial charge on any atom is -0.454 e. The number of amides is 4. The summed E-state index contributed by atoms with van der Waals surface area (Å²) in [6, 6.07) is 3.75. The van der Waals surface area contributed by atoms with E-state index in [-0.39, 0.29) is 63.2 Å². The number of hydrogen-bond donors (Lipinski definition) is 4. The van der Waals surface area contributed by atoms with Crippen molar-refractivity contribution in [1.29, 1.82) is 0 Å². The van der Waals surface area contributed by atoms with Crippen LogP contribution in [0.3, 0.4) is 0 Å². The Hall–Kier alpha value is -3.46. The molecule has 1 aromatic rings. The monoisotopic (exact) mass is 573 g/mol. The van der Waals surface area contributed by atoms with Crippen molar-refractivity contribution < 1.29 is 43.6 Å². The highest BCUT2D eigenvalue weighted by Gasteiger charge is 2.46. The predicted octanol–water partition coefficient (Wildman–Crippen LogP) is -2.46. The highest BCUT2D eigenvalue weighted by molar-refractivity contribution is 5.89. The smallest absolute Gasteiger partial charge is 0.244 e. The molecule has 0 aliphatic carbocycles. The number of carbonyl (C=O) groups excluding carboxylic acids is 4. The molecule has 41 heavy (non-hydrogen) atoms. The molecule has 5 aliphatic heterocycles. The summed E-state index contributed by atoms with van der Waals surface area (Å²) in [6.45, 7) is 2.68. The van der Waals surface area contributed by atoms with Gasteiger partial charge >= 0.3 is 0 Å². The van der Waals surface area contributed by atoms with Gasteiger partial charge in [-0.2, -0.15) is 0 Å². The van der Waals surface area contributed by atoms with Crippen molar-refractivity contribution in [3.8, 4) is 11.5 Å². The van der Waals surface area contributed by atoms with Crippen LogP contribution >= 0.6 is 0 Å². The van der Waals surface area contributed by atoms with Gasteiger partial charge in [-0.1, -0.05) is 6.07 Å². The molecular formula is C27H35N5O9. The molecule has 222 valence electrons. The summed E-state index contributed by atoms with van der Waals surface area (Å²) in [4.78, 5) is 57.6. The molecule has 0 radical (unpaired) electrons. The fraction of sp³-hybridized carbons (Fsp3) is 0.630. The Morgan fingerprint density at radius 3 is 2.61 bits per heavy atom. The Balaban J connectivity index is 1.28. The number of aliphatic hydroxyl groups is 2. The van der Waals surface area contributed by atoms with Gasteiger partial charge in [-0.15, -0.1) is 0 Å². The van der Waals surface area contributed by atoms with Crippen LogP contribution in [0.5, 0.6) is 11.5 Å². The van der Waals surface area contributed by atoms with Crippen LogP contribution in [0.25, 0.3) is 0 Å². The normalized spacial score (nSPS) is 34.0. The average molecular weight is 574 g/mol. The third-order valence-electron chi connectivity index (χ3n) is 8.60. The Kier molecular flexibility index (Phi) is 7.49. The molecule has 4 saturated heterocycles. The maximum absolute atomic E-state index is 14.0. The van der Waals surface area contributed by atoms with E-state index in [9.17, 15) is 29.4 Å². The number of benzene rings is 1. The lowest BCUT2D eigenvalue weighted by molar-refractivity contribution is -0.149. The summed E-state index contributed by atoms with van der Waals surface area (Å²) in [5.74, 6) is -0.0318. The SMILES string of the molecule is CC(=O)N1CCN2C[C@H]1C(=O)NC[C@H]1O[C@@H](CC(=O)N[C@H]3C[C@@H](C2=O)N(Cc2ccc4c(c2)OCO4)C3)[C@H](O)[C@@H]1O. The first kappa shape index (κ1) is 27.7. The summed E-state index contributed by atoms with van der Waals surface area (Å²) in [7, 11) is 0. The van der Waals surface area contributed by atoms with E-state index in [0.29, 0.717) is 31.0 Å². The number of carbonyl (C=O) groups is 4. The number of aliphatic hydroxyl groups excluding tert-OH is 2. The summed E-state index contributed by atoms with van der Waals surface area (Å²) in [6.07, 6.45) is -4.34. The largest absolute Gasteiger partial charge is 0.454 e. The van der Waals surface area contributed by atoms with Crippen LogP contribution in [0, 0.1) is 0 Å². The van der Waals surface area contributed by atoms with Crippen molar-refractivity contribution in [3.05, 3.63) is 23.8 Å². The summed E-state index contributed by atoms with van der Waals surface area (Å²) >= 11 is 0. The lowest BCUT2D eigenvalue weighted by atomic mass is 10.0. The Morgan fingerprint density at radius 1 is 1.02 bits per heavy atom. The van der Waals surface area contributed by atoms with Crippen molar-refractivity contribution in [1.82, 2.24) is 25.3 Å². The zero-order valence-electron chi connectivity index (χ0n) is 22.7. The molecule has 14 nitrogen and oxygen atoms in total. The van der Waals surface area contributed by atoms with Gasteiger partial charge in [0.1, 0.15) is 24.4 Å². The number of likely N-dealkylation sites (tertiary alicyclic amines) is 1. The number of nitrogens with zero attached hydrogens (tertiary/aromatic N) is 3. The van der Waals surface area contributed by atoms with E-state index in [1.54, 1.807) is 4.90 Å². The van der Waals surface area contributed by atoms with Crippen LogP contribution in [0.15, 0.2) is 18.2 Å². The van der Waals surface area contributed by atoms with E-state index in [0.717, 1.165) is 5.56 Å². The second kappa shape index (κ2) is 11.1. The minimum atomic E-state index is -1.31. The van der Waals surface area contributed by atoms with Crippen LogP contribution in [-0.4, -0.2) is 131 Å². The van der Waals surface area contributed by atoms with Crippen LogP contribution in [-0.2, 0) is 30.5 Å². The number of ether oxygens (including phenoxy) is 3. The van der Waals surface area contributed by atoms with Gasteiger partial charge in [0.05, 0.1) is 25.1 Å². The van der Waals surface area contributed by atoms with Crippen LogP contribution in [0.2, 0.25) is 0 Å². The van der Waals surface area contributed by atoms with Gasteiger partial charge < -0.3 is 44.9 Å². The topological polar surface area (TPSA) is 170 Å². The molecule has 4 amide bonds. The quantitative estimate of drug-likeness (QED) is 0.298. The van der Waals surface area contributed by atoms with Gasteiger partial charge in [-0.05, 0) is 24.1 Å². The first-order chi connectivity index (χ1) is 19.7. The predicted molar refractivity (Wildman–Crippen MR) is 139 cm³/mol. The molecule has 5 heterocycles. The van der Waals surface area contributed by atoms with Crippen molar-refractivity contribution in [2.24, 2.45) is 0 Å². The molecule has 1 aromatic carbocycles. The molecule has 5 aliphatic rings. The molecule has 14 heteroatoms. The number of hydrogen-bond acceptors (Lipinski definition) is 10. The van der Waals surface area contributed by atoms with Crippen molar-refractivity contribution in [2.75, 3.05) is 39.5 Å². The second-order valence-corrected chi connectivity index (χ2v) is 11.3. The molecular weight excluding hydrogens is 538 g/mol. The first-order valence-corrected chi connectivity index (χ1v) is 13.9. The van der Waals surface area contributed by atoms with Crippen molar-refractivity contribution in [2.45, 2.75) is 68.9 Å². The zero-order chi connectivity index (χ0) is 28.8. The summed E-state index contributed by atoms with van der Waals surface area (Å²) in [5.41, 5.74) is 0.908. The number of rotatable bonds is 2. The van der Waals surface area contributed by atoms with Crippen molar-refractivity contribution >= 4 is 23.6 Å². The lowest BCUT2D eigenvalue weighted by Gasteiger charge is -2.41. The van der Waals surface area contributed by atoms with Gasteiger partial charge in [-0.25, -0.2) is 0 Å². The Morgan fingerprint density at radius 2 is 1.80 bits per heavy atom. The highest BCUT2D eigenvalue weighted by Crippen LogP contribution is 2.34. The van der Waals surface area contributed by atoms with E-state index in [1.165, 1.54) is 11.8 Å². The van der Waals surface area contributed by atoms with E-state index in [1.807, 2.05) is 23.1 Å². The summed E-state index contributed by atoms with van der Waals surface area (Å²) < 4.78 is 16.7. The van der Waals surface area contributed by atoms with E-state index >= 15 is 0 Å². The van der Waals surface area contributed by atoms with Gasteiger partial charge in [0.25, 0.3) is 0 Å². The zero-order valence-corrected chi connectivity index (χ0v) is 22.7. The lowest BCUT2D eigenvalue weighted by Crippen LogP contribution is -2.63. The third-order valence-corrected chi connectivity index (χ3v) is 8.60. The number of piperazine rings is 1. The van der Waals surface area contributed by atoms with Crippen LogP contribution in [0.4, 0.5) is 0 Å². The van der Waals surface area contributed by atoms with E-state index in [2.05, 4.69) is 10.6 Å². The molecule has 0 spiro atoms. The molecule has 0 saturated carbocycles. The van der Waals surface area contributed by atoms with E-state index < -0.39 is 42.4 Å². The molecule has 6 bridgehead atoms. The van der Waals surface area contributed by atoms with Crippen molar-refractivity contribution in [3.63, 3.8) is 0 Å². The Labute approximate surface area is 236 Å². The first-order valence-electron chi connectivity index (χ1n) is 13.9. The molecule has 7 atom stereocenters. The Bertz CT molecular complexity index is 1230. The fourth-order valence-corrected chi connectivity index (χ4v) is 6.46. The van der Waals surface area contributed by atoms with Gasteiger partial charge in [-0.3, -0.25) is 24.1 Å². The summed E-state index contributed by atoms with van der Waals surface area (Å²) in [5, 5.41) is 26.7. The van der Waals surface area contributed by atoms with Crippen LogP contribution in [0.1, 0.15) is 25.3 Å². The molecule has 6 rings (SSSR count). The second-order valence-electron chi connectivity index (χ2n) is 11.3. The van der Waals surface area contributed by atoms with E-state index in [4.69, 9.17) is 14.2 Å². The maximum Gasteiger partial charge on any atom is 0.244 e. The third kappa shape index (κ3) is 5.44. The highest BCUT2D eigenvalue weighted by atomic mass is 16.7. The fourth-order valence-electron chi connectivity index (χ4n) is 6.46. The molecule has 4 N–H and O–H groups in total. The molecule has 0 unspecified atom stereocenters. The average Bonchev–Trinajstić information content (AvgIpc) is 3.64. The number of fused-ring (bicyclic) bond motifs is 7. The van der Waals surface area contributed by atoms with Gasteiger partial charge in [0, 0.05) is 45.7 Å². The van der Waals surface area contributed by atoms with Crippen LogP contribution < -0.4 is 20.1 Å². The van der Waals surface area contributed by atoms with Gasteiger partial charge in [0.15, 0.2) is 11.5 Å². The molecule has 0 aromatic heterocycles. The standard InChI is InChI=1S/C27H35N5O9/c1-14(33)32-5-4-30-12-18(32)26(37)28-9-22-25(36)24(35)21(41-22)8-23(34)29-16-7-17(27(30)38)31(11-16)10-15-2-3-19-20(6-15)40-13-39-19/h2-3,6,16-18,21-22,24-25,35-36H,4-5,7-13H2,1H3,(H,28,37)(H,29,34)/t16-,17-,18-,21-,22+,24-,25+/m0/s1. The minimum absolute atomic E-state index is 0.00889. The van der Waals surface area contributed by atoms with Gasteiger partial charge in [0.2, 0.25) is 30.4 Å². The molecule has 4 fully saturated rings. The number of nitrogens with one attached hydrogen (secondary N) is 2.